The average Bonchev–Trinajstić information content (AvgIpc) is 3.32. The molecule has 164 valence electrons. The van der Waals surface area contributed by atoms with Crippen LogP contribution in [0.1, 0.15) is 25.5 Å². The summed E-state index contributed by atoms with van der Waals surface area (Å²) in [4.78, 5) is 15.6. The lowest BCUT2D eigenvalue weighted by Gasteiger charge is -2.41. The van der Waals surface area contributed by atoms with Gasteiger partial charge < -0.3 is 26.2 Å². The molecule has 2 atom stereocenters. The Kier molecular flexibility index (Phi) is 4.97. The van der Waals surface area contributed by atoms with Gasteiger partial charge in [-0.15, -0.1) is 0 Å². The lowest BCUT2D eigenvalue weighted by molar-refractivity contribution is 0.0973. The van der Waals surface area contributed by atoms with Crippen molar-refractivity contribution in [2.45, 2.75) is 38.5 Å². The maximum Gasteiger partial charge on any atom is 0.182 e. The Balaban J connectivity index is 1.48. The molecule has 11 heteroatoms. The molecule has 0 aromatic carbocycles. The highest BCUT2D eigenvalue weighted by atomic mass is 35.5. The normalized spacial score (nSPS) is 23.2. The topological polar surface area (TPSA) is 141 Å². The Morgan fingerprint density at radius 1 is 1.32 bits per heavy atom. The first-order valence-electron chi connectivity index (χ1n) is 10.3. The van der Waals surface area contributed by atoms with Gasteiger partial charge in [0.2, 0.25) is 0 Å². The van der Waals surface area contributed by atoms with Gasteiger partial charge in [0.05, 0.1) is 31.2 Å². The van der Waals surface area contributed by atoms with Gasteiger partial charge in [-0.3, -0.25) is 0 Å². The van der Waals surface area contributed by atoms with Crippen molar-refractivity contribution in [2.24, 2.45) is 11.1 Å². The van der Waals surface area contributed by atoms with E-state index in [9.17, 15) is 5.11 Å². The highest BCUT2D eigenvalue weighted by Crippen LogP contribution is 2.42. The van der Waals surface area contributed by atoms with Crippen LogP contribution in [0.3, 0.4) is 0 Å². The van der Waals surface area contributed by atoms with Crippen LogP contribution in [0.2, 0.25) is 5.02 Å². The Bertz CT molecular complexity index is 1130. The minimum atomic E-state index is -0.239. The molecule has 0 aliphatic carbocycles. The van der Waals surface area contributed by atoms with Gasteiger partial charge in [-0.05, 0) is 25.8 Å². The summed E-state index contributed by atoms with van der Waals surface area (Å²) in [5.74, 6) is 0.880. The number of hydrogen-bond acceptors (Lipinski definition) is 9. The number of nitrogen functional groups attached to an aromatic ring is 1. The van der Waals surface area contributed by atoms with E-state index < -0.39 is 0 Å². The quantitative estimate of drug-likeness (QED) is 0.544. The van der Waals surface area contributed by atoms with Crippen molar-refractivity contribution in [3.63, 3.8) is 0 Å². The summed E-state index contributed by atoms with van der Waals surface area (Å²) in [6.07, 6.45) is 5.09. The molecule has 2 saturated heterocycles. The average molecular weight is 445 g/mol. The van der Waals surface area contributed by atoms with Crippen LogP contribution in [-0.4, -0.2) is 61.7 Å². The molecule has 5 heterocycles. The number of hydrogen-bond donors (Lipinski definition) is 3. The van der Waals surface area contributed by atoms with Crippen molar-refractivity contribution in [1.29, 1.82) is 0 Å². The second kappa shape index (κ2) is 7.56. The largest absolute Gasteiger partial charge is 0.390 e. The molecule has 3 aromatic rings. The number of piperidine rings is 1. The molecular formula is C20H25ClN8O2. The van der Waals surface area contributed by atoms with Crippen molar-refractivity contribution < 1.29 is 9.84 Å². The summed E-state index contributed by atoms with van der Waals surface area (Å²) in [6, 6.07) is 1.74. The van der Waals surface area contributed by atoms with Crippen molar-refractivity contribution in [3.05, 3.63) is 29.2 Å². The van der Waals surface area contributed by atoms with E-state index in [0.717, 1.165) is 25.9 Å². The first kappa shape index (κ1) is 20.4. The molecule has 10 nitrogen and oxygen atoms in total. The number of fused-ring (bicyclic) bond motifs is 1. The molecule has 3 aromatic heterocycles. The summed E-state index contributed by atoms with van der Waals surface area (Å²) in [5, 5.41) is 14.7. The van der Waals surface area contributed by atoms with Gasteiger partial charge in [0.25, 0.3) is 0 Å². The van der Waals surface area contributed by atoms with E-state index in [0.29, 0.717) is 35.0 Å². The number of rotatable bonds is 3. The minimum absolute atomic E-state index is 0.00966. The first-order valence-corrected chi connectivity index (χ1v) is 10.7. The molecule has 0 bridgehead atoms. The van der Waals surface area contributed by atoms with Gasteiger partial charge in [-0.25, -0.2) is 19.6 Å². The third-order valence-electron chi connectivity index (χ3n) is 6.63. The second-order valence-electron chi connectivity index (χ2n) is 8.34. The van der Waals surface area contributed by atoms with Crippen LogP contribution in [0.15, 0.2) is 18.5 Å². The van der Waals surface area contributed by atoms with Crippen LogP contribution >= 0.6 is 11.6 Å². The summed E-state index contributed by atoms with van der Waals surface area (Å²) in [5.41, 5.74) is 14.4. The molecule has 1 spiro atoms. The lowest BCUT2D eigenvalue weighted by Crippen LogP contribution is -2.51. The third-order valence-corrected chi connectivity index (χ3v) is 7.02. The third kappa shape index (κ3) is 3.21. The molecule has 0 radical (unpaired) electrons. The van der Waals surface area contributed by atoms with Gasteiger partial charge >= 0.3 is 0 Å². The van der Waals surface area contributed by atoms with Gasteiger partial charge in [0.1, 0.15) is 22.1 Å². The van der Waals surface area contributed by atoms with Crippen LogP contribution < -0.4 is 16.4 Å². The van der Waals surface area contributed by atoms with E-state index in [2.05, 4.69) is 20.0 Å². The van der Waals surface area contributed by atoms with Crippen molar-refractivity contribution in [2.75, 3.05) is 30.3 Å². The number of anilines is 2. The predicted octanol–water partition coefficient (Wildman–Crippen LogP) is 1.27. The number of aromatic nitrogens is 5. The number of aliphatic hydroxyl groups is 1. The fourth-order valence-electron chi connectivity index (χ4n) is 4.66. The molecule has 0 saturated carbocycles. The van der Waals surface area contributed by atoms with E-state index in [4.69, 9.17) is 32.8 Å². The van der Waals surface area contributed by atoms with E-state index in [1.54, 1.807) is 23.1 Å². The van der Waals surface area contributed by atoms with E-state index in [-0.39, 0.29) is 35.0 Å². The van der Waals surface area contributed by atoms with Crippen molar-refractivity contribution in [3.8, 4) is 5.69 Å². The van der Waals surface area contributed by atoms with E-state index >= 15 is 0 Å². The smallest absolute Gasteiger partial charge is 0.182 e. The fourth-order valence-corrected chi connectivity index (χ4v) is 4.85. The molecule has 5 rings (SSSR count). The molecule has 2 aliphatic rings. The Labute approximate surface area is 184 Å². The van der Waals surface area contributed by atoms with Crippen LogP contribution in [0.4, 0.5) is 11.6 Å². The van der Waals surface area contributed by atoms with E-state index in [1.165, 1.54) is 0 Å². The monoisotopic (exact) mass is 444 g/mol. The summed E-state index contributed by atoms with van der Waals surface area (Å²) in [7, 11) is 0. The predicted molar refractivity (Wildman–Crippen MR) is 117 cm³/mol. The first-order chi connectivity index (χ1) is 14.9. The Hall–Kier alpha value is -2.53. The Morgan fingerprint density at radius 3 is 2.77 bits per heavy atom. The van der Waals surface area contributed by atoms with Crippen LogP contribution in [0.5, 0.6) is 0 Å². The van der Waals surface area contributed by atoms with Gasteiger partial charge in [0.15, 0.2) is 11.5 Å². The van der Waals surface area contributed by atoms with Crippen molar-refractivity contribution >= 4 is 34.4 Å². The molecular weight excluding hydrogens is 420 g/mol. The SMILES string of the molecule is CC1OCC2(CCN(c3nc4cnn(-c5ccnc(N)c5Cl)c4nc3CO)CC2)C1N. The summed E-state index contributed by atoms with van der Waals surface area (Å²) >= 11 is 6.32. The van der Waals surface area contributed by atoms with E-state index in [1.807, 2.05) is 6.92 Å². The second-order valence-corrected chi connectivity index (χ2v) is 8.72. The maximum atomic E-state index is 10.0. The minimum Gasteiger partial charge on any atom is -0.390 e. The molecule has 2 unspecified atom stereocenters. The number of aliphatic hydroxyl groups excluding tert-OH is 1. The standard InChI is InChI=1S/C20H25ClN8O2/c1-11-16(22)20(10-31-11)3-6-28(7-4-20)18-13(9-30)27-19-12(26-18)8-25-29(19)14-2-5-24-17(23)15(14)21/h2,5,8,11,16,30H,3-4,6-7,9-10,22H2,1H3,(H2,23,24). The number of ether oxygens (including phenoxy) is 1. The molecule has 2 aliphatic heterocycles. The Morgan fingerprint density at radius 2 is 2.10 bits per heavy atom. The molecule has 31 heavy (non-hydrogen) atoms. The van der Waals surface area contributed by atoms with Crippen LogP contribution in [0.25, 0.3) is 16.9 Å². The molecule has 2 fully saturated rings. The molecule has 5 N–H and O–H groups in total. The van der Waals surface area contributed by atoms with Gasteiger partial charge in [0, 0.05) is 30.7 Å². The zero-order valence-electron chi connectivity index (χ0n) is 17.2. The van der Waals surface area contributed by atoms with Crippen LogP contribution in [-0.2, 0) is 11.3 Å². The number of nitrogens with zero attached hydrogens (tertiary/aromatic N) is 6. The van der Waals surface area contributed by atoms with Gasteiger partial charge in [-0.2, -0.15) is 5.10 Å². The number of halogens is 1. The maximum absolute atomic E-state index is 10.0. The lowest BCUT2D eigenvalue weighted by atomic mass is 9.73. The number of nitrogens with two attached hydrogens (primary N) is 2. The fraction of sp³-hybridized carbons (Fsp3) is 0.500. The molecule has 0 amide bonds. The summed E-state index contributed by atoms with van der Waals surface area (Å²) in [6.45, 7) is 4.05. The van der Waals surface area contributed by atoms with Crippen molar-refractivity contribution in [1.82, 2.24) is 24.7 Å². The zero-order valence-corrected chi connectivity index (χ0v) is 18.0. The highest BCUT2D eigenvalue weighted by molar-refractivity contribution is 6.34. The van der Waals surface area contributed by atoms with Gasteiger partial charge in [-0.1, -0.05) is 11.6 Å². The summed E-state index contributed by atoms with van der Waals surface area (Å²) < 4.78 is 7.38. The highest BCUT2D eigenvalue weighted by Gasteiger charge is 2.47. The number of pyridine rings is 1. The van der Waals surface area contributed by atoms with Crippen LogP contribution in [0, 0.1) is 5.41 Å². The zero-order chi connectivity index (χ0) is 21.8.